The highest BCUT2D eigenvalue weighted by atomic mass is 16.5. The SMILES string of the molecule is CC[C@H](C)[C@@H]([C@@H](CC(=O)N1CCC[C@H]1[C@H](OC)[C@@H](C)C(=O)N[C@@H](Cc1ccccc1)C(=O)OC)OC)N(C)C(=O)[C@H](NC(=O)C(C(C)C)N(C)C)[C@H](C)N. The van der Waals surface area contributed by atoms with Gasteiger partial charge >= 0.3 is 5.97 Å². The Morgan fingerprint density at radius 1 is 0.926 bits per heavy atom. The predicted octanol–water partition coefficient (Wildman–Crippen LogP) is 2.23. The van der Waals surface area contributed by atoms with Crippen LogP contribution in [0.25, 0.3) is 0 Å². The molecule has 1 aromatic rings. The molecule has 1 aliphatic rings. The first-order valence-electron chi connectivity index (χ1n) is 19.2. The molecule has 1 aliphatic heterocycles. The van der Waals surface area contributed by atoms with Gasteiger partial charge in [0.2, 0.25) is 23.6 Å². The molecular weight excluding hydrogens is 692 g/mol. The molecule has 0 aromatic heterocycles. The summed E-state index contributed by atoms with van der Waals surface area (Å²) in [6.07, 6.45) is 0.931. The van der Waals surface area contributed by atoms with E-state index in [1.807, 2.05) is 77.0 Å². The highest BCUT2D eigenvalue weighted by molar-refractivity contribution is 5.90. The van der Waals surface area contributed by atoms with Gasteiger partial charge in [-0.2, -0.15) is 0 Å². The van der Waals surface area contributed by atoms with E-state index in [0.29, 0.717) is 25.8 Å². The molecule has 54 heavy (non-hydrogen) atoms. The molecule has 0 spiro atoms. The third kappa shape index (κ3) is 12.2. The van der Waals surface area contributed by atoms with E-state index >= 15 is 0 Å². The fourth-order valence-corrected chi connectivity index (χ4v) is 7.80. The van der Waals surface area contributed by atoms with Crippen LogP contribution in [-0.4, -0.2) is 142 Å². The van der Waals surface area contributed by atoms with Crippen molar-refractivity contribution in [3.63, 3.8) is 0 Å². The number of ether oxygens (including phenoxy) is 3. The van der Waals surface area contributed by atoms with Gasteiger partial charge in [0.15, 0.2) is 0 Å². The largest absolute Gasteiger partial charge is 0.467 e. The van der Waals surface area contributed by atoms with Crippen molar-refractivity contribution in [1.82, 2.24) is 25.3 Å². The standard InChI is InChI=1S/C40H68N6O8/c1-13-25(4)35(45(9)39(50)33(27(6)41)43-38(49)34(24(2)3)44(7)8)31(52-10)23-32(47)46-21-17-20-30(46)36(53-11)26(5)37(48)42-29(40(51)54-12)22-28-18-15-14-16-19-28/h14-16,18-19,24-27,29-31,33-36H,13,17,20-23,41H2,1-12H3,(H,42,48)(H,43,49)/t25-,26+,27-,29-,30-,31+,33+,34?,35-,36+/m0/s1. The summed E-state index contributed by atoms with van der Waals surface area (Å²) in [4.78, 5) is 73.1. The van der Waals surface area contributed by atoms with Gasteiger partial charge in [-0.1, -0.05) is 71.4 Å². The lowest BCUT2D eigenvalue weighted by Crippen LogP contribution is -2.62. The number of hydrogen-bond donors (Lipinski definition) is 3. The molecule has 1 heterocycles. The molecule has 306 valence electrons. The first-order valence-corrected chi connectivity index (χ1v) is 19.2. The Morgan fingerprint density at radius 2 is 1.56 bits per heavy atom. The summed E-state index contributed by atoms with van der Waals surface area (Å²) >= 11 is 0. The van der Waals surface area contributed by atoms with Crippen molar-refractivity contribution in [2.75, 3.05) is 49.0 Å². The van der Waals surface area contributed by atoms with Gasteiger partial charge < -0.3 is 40.4 Å². The topological polar surface area (TPSA) is 173 Å². The predicted molar refractivity (Wildman–Crippen MR) is 208 cm³/mol. The average Bonchev–Trinajstić information content (AvgIpc) is 3.62. The maximum absolute atomic E-state index is 14.2. The number of likely N-dealkylation sites (N-methyl/N-ethyl adjacent to an activating group) is 2. The van der Waals surface area contributed by atoms with Crippen molar-refractivity contribution in [2.45, 2.75) is 122 Å². The third-order valence-corrected chi connectivity index (χ3v) is 10.9. The van der Waals surface area contributed by atoms with Crippen LogP contribution in [0.4, 0.5) is 0 Å². The van der Waals surface area contributed by atoms with Gasteiger partial charge in [-0.05, 0) is 51.3 Å². The fourth-order valence-electron chi connectivity index (χ4n) is 7.80. The second-order valence-corrected chi connectivity index (χ2v) is 15.4. The van der Waals surface area contributed by atoms with Crippen LogP contribution in [0.2, 0.25) is 0 Å². The zero-order valence-electron chi connectivity index (χ0n) is 34.7. The van der Waals surface area contributed by atoms with E-state index < -0.39 is 60.3 Å². The van der Waals surface area contributed by atoms with Gasteiger partial charge in [0, 0.05) is 40.3 Å². The van der Waals surface area contributed by atoms with Gasteiger partial charge in [0.25, 0.3) is 0 Å². The molecule has 1 aromatic carbocycles. The van der Waals surface area contributed by atoms with Crippen LogP contribution in [0.15, 0.2) is 30.3 Å². The summed E-state index contributed by atoms with van der Waals surface area (Å²) in [5.41, 5.74) is 7.18. The number of carbonyl (C=O) groups is 5. The number of benzene rings is 1. The molecule has 0 saturated carbocycles. The Morgan fingerprint density at radius 3 is 2.06 bits per heavy atom. The van der Waals surface area contributed by atoms with Crippen LogP contribution >= 0.6 is 0 Å². The minimum atomic E-state index is -0.993. The van der Waals surface area contributed by atoms with Crippen molar-refractivity contribution in [2.24, 2.45) is 23.5 Å². The Bertz CT molecular complexity index is 1350. The number of amides is 4. The number of nitrogens with two attached hydrogens (primary N) is 1. The number of esters is 1. The van der Waals surface area contributed by atoms with E-state index in [9.17, 15) is 24.0 Å². The second-order valence-electron chi connectivity index (χ2n) is 15.4. The molecule has 4 amide bonds. The summed E-state index contributed by atoms with van der Waals surface area (Å²) in [6.45, 7) is 11.8. The monoisotopic (exact) mass is 761 g/mol. The zero-order chi connectivity index (χ0) is 40.9. The van der Waals surface area contributed by atoms with E-state index in [0.717, 1.165) is 5.56 Å². The second kappa shape index (κ2) is 22.1. The maximum Gasteiger partial charge on any atom is 0.328 e. The summed E-state index contributed by atoms with van der Waals surface area (Å²) < 4.78 is 16.9. The first kappa shape index (κ1) is 46.6. The Balaban J connectivity index is 2.29. The molecule has 0 bridgehead atoms. The summed E-state index contributed by atoms with van der Waals surface area (Å²) in [5, 5.41) is 5.76. The fraction of sp³-hybridized carbons (Fsp3) is 0.725. The van der Waals surface area contributed by atoms with Crippen LogP contribution in [-0.2, 0) is 44.6 Å². The minimum Gasteiger partial charge on any atom is -0.467 e. The van der Waals surface area contributed by atoms with Crippen LogP contribution in [0.5, 0.6) is 0 Å². The molecule has 2 rings (SSSR count). The molecular formula is C40H68N6O8. The van der Waals surface area contributed by atoms with E-state index in [1.165, 1.54) is 21.3 Å². The van der Waals surface area contributed by atoms with Gasteiger partial charge in [0.1, 0.15) is 12.1 Å². The van der Waals surface area contributed by atoms with Crippen molar-refractivity contribution in [1.29, 1.82) is 0 Å². The number of rotatable bonds is 21. The number of likely N-dealkylation sites (tertiary alicyclic amines) is 1. The number of nitrogens with one attached hydrogen (secondary N) is 2. The summed E-state index contributed by atoms with van der Waals surface area (Å²) in [5.74, 6) is -2.57. The molecule has 0 aliphatic carbocycles. The molecule has 14 heteroatoms. The number of nitrogens with zero attached hydrogens (tertiary/aromatic N) is 3. The molecule has 1 saturated heterocycles. The van der Waals surface area contributed by atoms with E-state index in [4.69, 9.17) is 19.9 Å². The molecule has 10 atom stereocenters. The van der Waals surface area contributed by atoms with Gasteiger partial charge in [-0.15, -0.1) is 0 Å². The first-order chi connectivity index (χ1) is 25.4. The van der Waals surface area contributed by atoms with Crippen LogP contribution < -0.4 is 16.4 Å². The highest BCUT2D eigenvalue weighted by Crippen LogP contribution is 2.29. The third-order valence-electron chi connectivity index (χ3n) is 10.9. The zero-order valence-corrected chi connectivity index (χ0v) is 34.7. The van der Waals surface area contributed by atoms with Crippen molar-refractivity contribution in [3.8, 4) is 0 Å². The van der Waals surface area contributed by atoms with Crippen molar-refractivity contribution in [3.05, 3.63) is 35.9 Å². The van der Waals surface area contributed by atoms with Gasteiger partial charge in [-0.25, -0.2) is 4.79 Å². The minimum absolute atomic E-state index is 0.000728. The molecule has 1 fully saturated rings. The quantitative estimate of drug-likeness (QED) is 0.158. The lowest BCUT2D eigenvalue weighted by atomic mass is 9.89. The summed E-state index contributed by atoms with van der Waals surface area (Å²) in [7, 11) is 9.64. The summed E-state index contributed by atoms with van der Waals surface area (Å²) in [6, 6.07) is 5.40. The molecule has 4 N–H and O–H groups in total. The smallest absolute Gasteiger partial charge is 0.328 e. The van der Waals surface area contributed by atoms with Crippen LogP contribution in [0.3, 0.4) is 0 Å². The maximum atomic E-state index is 14.2. The molecule has 0 radical (unpaired) electrons. The van der Waals surface area contributed by atoms with E-state index in [1.54, 1.807) is 30.7 Å². The Labute approximate surface area is 323 Å². The lowest BCUT2D eigenvalue weighted by molar-refractivity contribution is -0.148. The number of methoxy groups -OCH3 is 3. The molecule has 1 unspecified atom stereocenters. The number of hydrogen-bond acceptors (Lipinski definition) is 10. The van der Waals surface area contributed by atoms with Crippen molar-refractivity contribution >= 4 is 29.6 Å². The van der Waals surface area contributed by atoms with Gasteiger partial charge in [0.05, 0.1) is 49.8 Å². The normalized spacial score (nSPS) is 19.5. The molecule has 14 nitrogen and oxygen atoms in total. The highest BCUT2D eigenvalue weighted by Gasteiger charge is 2.43. The van der Waals surface area contributed by atoms with E-state index in [2.05, 4.69) is 10.6 Å². The van der Waals surface area contributed by atoms with Crippen molar-refractivity contribution < 1.29 is 38.2 Å². The Kier molecular flexibility index (Phi) is 19.0. The average molecular weight is 761 g/mol. The van der Waals surface area contributed by atoms with Crippen LogP contribution in [0.1, 0.15) is 72.8 Å². The Hall–Kier alpha value is -3.59. The van der Waals surface area contributed by atoms with Crippen LogP contribution in [0, 0.1) is 17.8 Å². The van der Waals surface area contributed by atoms with E-state index in [-0.39, 0.29) is 48.3 Å². The lowest BCUT2D eigenvalue weighted by Gasteiger charge is -2.41. The van der Waals surface area contributed by atoms with Gasteiger partial charge in [-0.3, -0.25) is 24.1 Å². The number of carbonyl (C=O) groups excluding carboxylic acids is 5.